The summed E-state index contributed by atoms with van der Waals surface area (Å²) in [5.41, 5.74) is 5.77. The molecule has 104 valence electrons. The topological polar surface area (TPSA) is 49.6 Å². The first kappa shape index (κ1) is 13.8. The highest BCUT2D eigenvalue weighted by molar-refractivity contribution is 5.79. The van der Waals surface area contributed by atoms with E-state index in [1.165, 1.54) is 12.8 Å². The maximum Gasteiger partial charge on any atom is 0.237 e. The van der Waals surface area contributed by atoms with Crippen molar-refractivity contribution < 1.29 is 4.79 Å². The summed E-state index contributed by atoms with van der Waals surface area (Å²) in [6, 6.07) is 1.23. The van der Waals surface area contributed by atoms with Gasteiger partial charge in [0.25, 0.3) is 0 Å². The van der Waals surface area contributed by atoms with Crippen LogP contribution < -0.4 is 5.73 Å². The summed E-state index contributed by atoms with van der Waals surface area (Å²) in [6.45, 7) is 6.63. The highest BCUT2D eigenvalue weighted by Gasteiger charge is 2.32. The molecule has 2 aliphatic rings. The fourth-order valence-electron chi connectivity index (χ4n) is 3.54. The van der Waals surface area contributed by atoms with Gasteiger partial charge in [-0.3, -0.25) is 9.69 Å². The van der Waals surface area contributed by atoms with Gasteiger partial charge in [0.05, 0.1) is 6.54 Å². The Morgan fingerprint density at radius 3 is 2.44 bits per heavy atom. The molecule has 2 N–H and O–H groups in total. The van der Waals surface area contributed by atoms with Gasteiger partial charge < -0.3 is 10.6 Å². The molecule has 0 aromatic heterocycles. The molecule has 0 saturated carbocycles. The largest absolute Gasteiger partial charge is 0.336 e. The normalized spacial score (nSPS) is 33.9. The Bertz CT molecular complexity index is 285. The zero-order chi connectivity index (χ0) is 13.1. The molecule has 1 amide bonds. The Morgan fingerprint density at radius 2 is 1.83 bits per heavy atom. The molecule has 2 fully saturated rings. The van der Waals surface area contributed by atoms with Crippen molar-refractivity contribution in [2.75, 3.05) is 19.6 Å². The fourth-order valence-corrected chi connectivity index (χ4v) is 3.54. The molecular weight excluding hydrogens is 226 g/mol. The second-order valence-corrected chi connectivity index (χ2v) is 5.93. The van der Waals surface area contributed by atoms with Crippen LogP contribution in [0.15, 0.2) is 0 Å². The third kappa shape index (κ3) is 2.86. The van der Waals surface area contributed by atoms with Crippen molar-refractivity contribution in [2.45, 2.75) is 64.1 Å². The standard InChI is InChI=1S/C14H27N3O/c1-11-5-3-6-12(2)17(11)14(18)10-16-8-4-7-13(16)9-15/h11-13H,3-10,15H2,1-2H3. The SMILES string of the molecule is CC1CCCC(C)N1C(=O)CN1CCCC1CN. The maximum absolute atomic E-state index is 12.5. The highest BCUT2D eigenvalue weighted by atomic mass is 16.2. The lowest BCUT2D eigenvalue weighted by molar-refractivity contribution is -0.138. The molecule has 18 heavy (non-hydrogen) atoms. The molecule has 3 unspecified atom stereocenters. The third-order valence-corrected chi connectivity index (χ3v) is 4.59. The third-order valence-electron chi connectivity index (χ3n) is 4.59. The van der Waals surface area contributed by atoms with E-state index in [1.807, 2.05) is 0 Å². The monoisotopic (exact) mass is 253 g/mol. The molecule has 0 aromatic carbocycles. The Kier molecular flexibility index (Phi) is 4.62. The van der Waals surface area contributed by atoms with E-state index in [-0.39, 0.29) is 0 Å². The molecule has 0 radical (unpaired) electrons. The quantitative estimate of drug-likeness (QED) is 0.822. The van der Waals surface area contributed by atoms with E-state index in [0.717, 1.165) is 25.8 Å². The first-order valence-corrected chi connectivity index (χ1v) is 7.38. The van der Waals surface area contributed by atoms with Crippen LogP contribution in [0.4, 0.5) is 0 Å². The van der Waals surface area contributed by atoms with Crippen molar-refractivity contribution in [3.63, 3.8) is 0 Å². The van der Waals surface area contributed by atoms with E-state index in [9.17, 15) is 4.79 Å². The number of amides is 1. The van der Waals surface area contributed by atoms with Crippen molar-refractivity contribution >= 4 is 5.91 Å². The summed E-state index contributed by atoms with van der Waals surface area (Å²) in [5, 5.41) is 0. The highest BCUT2D eigenvalue weighted by Crippen LogP contribution is 2.24. The van der Waals surface area contributed by atoms with Gasteiger partial charge in [-0.1, -0.05) is 0 Å². The van der Waals surface area contributed by atoms with Crippen LogP contribution in [0.3, 0.4) is 0 Å². The molecule has 0 spiro atoms. The van der Waals surface area contributed by atoms with E-state index in [2.05, 4.69) is 23.6 Å². The number of piperidine rings is 1. The van der Waals surface area contributed by atoms with Crippen LogP contribution in [0.5, 0.6) is 0 Å². The van der Waals surface area contributed by atoms with E-state index < -0.39 is 0 Å². The summed E-state index contributed by atoms with van der Waals surface area (Å²) in [5.74, 6) is 0.301. The summed E-state index contributed by atoms with van der Waals surface area (Å²) in [4.78, 5) is 16.9. The minimum atomic E-state index is 0.301. The minimum Gasteiger partial charge on any atom is -0.336 e. The molecule has 0 bridgehead atoms. The first-order valence-electron chi connectivity index (χ1n) is 7.38. The van der Waals surface area contributed by atoms with Gasteiger partial charge in [-0.2, -0.15) is 0 Å². The number of carbonyl (C=O) groups is 1. The second kappa shape index (κ2) is 6.02. The van der Waals surface area contributed by atoms with Crippen molar-refractivity contribution in [1.82, 2.24) is 9.80 Å². The van der Waals surface area contributed by atoms with Crippen LogP contribution in [0, 0.1) is 0 Å². The lowest BCUT2D eigenvalue weighted by atomic mass is 9.97. The fraction of sp³-hybridized carbons (Fsp3) is 0.929. The maximum atomic E-state index is 12.5. The molecule has 4 heteroatoms. The number of nitrogens with zero attached hydrogens (tertiary/aromatic N) is 2. The summed E-state index contributed by atoms with van der Waals surface area (Å²) >= 11 is 0. The second-order valence-electron chi connectivity index (χ2n) is 5.93. The van der Waals surface area contributed by atoms with Crippen LogP contribution in [-0.2, 0) is 4.79 Å². The molecule has 4 nitrogen and oxygen atoms in total. The van der Waals surface area contributed by atoms with Gasteiger partial charge in [0.2, 0.25) is 5.91 Å². The molecule has 2 heterocycles. The predicted molar refractivity (Wildman–Crippen MR) is 73.3 cm³/mol. The Balaban J connectivity index is 1.94. The first-order chi connectivity index (χ1) is 8.63. The zero-order valence-electron chi connectivity index (χ0n) is 11.8. The van der Waals surface area contributed by atoms with Gasteiger partial charge in [-0.25, -0.2) is 0 Å². The van der Waals surface area contributed by atoms with Crippen LogP contribution in [-0.4, -0.2) is 53.5 Å². The number of carbonyl (C=O) groups excluding carboxylic acids is 1. The van der Waals surface area contributed by atoms with Gasteiger partial charge in [-0.15, -0.1) is 0 Å². The zero-order valence-corrected chi connectivity index (χ0v) is 11.8. The van der Waals surface area contributed by atoms with Crippen LogP contribution in [0.1, 0.15) is 46.0 Å². The van der Waals surface area contributed by atoms with E-state index >= 15 is 0 Å². The predicted octanol–water partition coefficient (Wildman–Crippen LogP) is 1.20. The van der Waals surface area contributed by atoms with Crippen molar-refractivity contribution in [3.05, 3.63) is 0 Å². The number of hydrogen-bond acceptors (Lipinski definition) is 3. The Labute approximate surface area is 110 Å². The van der Waals surface area contributed by atoms with E-state index in [4.69, 9.17) is 5.73 Å². The lowest BCUT2D eigenvalue weighted by Gasteiger charge is -2.40. The lowest BCUT2D eigenvalue weighted by Crippen LogP contribution is -2.52. The smallest absolute Gasteiger partial charge is 0.237 e. The number of likely N-dealkylation sites (tertiary alicyclic amines) is 2. The number of hydrogen-bond donors (Lipinski definition) is 1. The van der Waals surface area contributed by atoms with Crippen LogP contribution >= 0.6 is 0 Å². The molecule has 2 aliphatic heterocycles. The summed E-state index contributed by atoms with van der Waals surface area (Å²) in [7, 11) is 0. The minimum absolute atomic E-state index is 0.301. The van der Waals surface area contributed by atoms with Gasteiger partial charge in [-0.05, 0) is 52.5 Å². The number of nitrogens with two attached hydrogens (primary N) is 1. The van der Waals surface area contributed by atoms with Gasteiger partial charge >= 0.3 is 0 Å². The average molecular weight is 253 g/mol. The molecule has 0 aliphatic carbocycles. The Hall–Kier alpha value is -0.610. The van der Waals surface area contributed by atoms with Crippen LogP contribution in [0.25, 0.3) is 0 Å². The summed E-state index contributed by atoms with van der Waals surface area (Å²) in [6.07, 6.45) is 5.88. The van der Waals surface area contributed by atoms with Crippen molar-refractivity contribution in [3.8, 4) is 0 Å². The number of rotatable bonds is 3. The van der Waals surface area contributed by atoms with Crippen LogP contribution in [0.2, 0.25) is 0 Å². The molecule has 0 aromatic rings. The molecule has 3 atom stereocenters. The average Bonchev–Trinajstić information content (AvgIpc) is 2.76. The Morgan fingerprint density at radius 1 is 1.17 bits per heavy atom. The van der Waals surface area contributed by atoms with Gasteiger partial charge in [0.15, 0.2) is 0 Å². The van der Waals surface area contributed by atoms with E-state index in [1.54, 1.807) is 0 Å². The molecule has 2 rings (SSSR count). The van der Waals surface area contributed by atoms with Gasteiger partial charge in [0.1, 0.15) is 0 Å². The van der Waals surface area contributed by atoms with Gasteiger partial charge in [0, 0.05) is 24.7 Å². The molecule has 2 saturated heterocycles. The van der Waals surface area contributed by atoms with Crippen molar-refractivity contribution in [1.29, 1.82) is 0 Å². The summed E-state index contributed by atoms with van der Waals surface area (Å²) < 4.78 is 0. The van der Waals surface area contributed by atoms with Crippen molar-refractivity contribution in [2.24, 2.45) is 5.73 Å². The van der Waals surface area contributed by atoms with E-state index in [0.29, 0.717) is 37.1 Å². The molecular formula is C14H27N3O.